The molecule has 0 spiro atoms. The molecule has 1 saturated heterocycles. The fourth-order valence-electron chi connectivity index (χ4n) is 3.34. The van der Waals surface area contributed by atoms with Crippen molar-refractivity contribution in [2.45, 2.75) is 18.7 Å². The average Bonchev–Trinajstić information content (AvgIpc) is 2.74. The number of rotatable bonds is 5. The van der Waals surface area contributed by atoms with Crippen LogP contribution in [0.2, 0.25) is 0 Å². The highest BCUT2D eigenvalue weighted by molar-refractivity contribution is 7.89. The molecule has 2 aromatic rings. The monoisotopic (exact) mass is 431 g/mol. The van der Waals surface area contributed by atoms with Gasteiger partial charge >= 0.3 is 0 Å². The number of nitrogens with zero attached hydrogens (tertiary/aromatic N) is 1. The van der Waals surface area contributed by atoms with Crippen LogP contribution in [-0.4, -0.2) is 57.9 Å². The van der Waals surface area contributed by atoms with Gasteiger partial charge in [-0.05, 0) is 43.2 Å². The van der Waals surface area contributed by atoms with Gasteiger partial charge in [-0.1, -0.05) is 18.2 Å². The predicted molar refractivity (Wildman–Crippen MR) is 113 cm³/mol. The molecule has 1 fully saturated rings. The molecule has 0 aliphatic carbocycles. The number of amides is 2. The fraction of sp³-hybridized carbons (Fsp3) is 0.333. The number of benzene rings is 2. The first-order valence-electron chi connectivity index (χ1n) is 9.57. The molecule has 30 heavy (non-hydrogen) atoms. The minimum absolute atomic E-state index is 0.0906. The summed E-state index contributed by atoms with van der Waals surface area (Å²) >= 11 is 0. The summed E-state index contributed by atoms with van der Waals surface area (Å²) in [5.41, 5.74) is 2.18. The number of nitrogens with one attached hydrogen (secondary N) is 2. The van der Waals surface area contributed by atoms with Crippen LogP contribution in [0.1, 0.15) is 31.8 Å². The molecule has 0 saturated carbocycles. The van der Waals surface area contributed by atoms with Crippen LogP contribution in [0.3, 0.4) is 0 Å². The van der Waals surface area contributed by atoms with Crippen molar-refractivity contribution in [2.75, 3.05) is 38.7 Å². The van der Waals surface area contributed by atoms with Crippen LogP contribution in [0, 0.1) is 13.8 Å². The first-order chi connectivity index (χ1) is 14.3. The van der Waals surface area contributed by atoms with Gasteiger partial charge in [-0.2, -0.15) is 4.31 Å². The fourth-order valence-corrected chi connectivity index (χ4v) is 5.00. The van der Waals surface area contributed by atoms with Crippen molar-refractivity contribution in [1.29, 1.82) is 0 Å². The van der Waals surface area contributed by atoms with Crippen LogP contribution in [0.4, 0.5) is 5.69 Å². The van der Waals surface area contributed by atoms with Gasteiger partial charge in [0.2, 0.25) is 10.0 Å². The van der Waals surface area contributed by atoms with Crippen molar-refractivity contribution in [3.05, 3.63) is 58.7 Å². The van der Waals surface area contributed by atoms with E-state index >= 15 is 0 Å². The minimum atomic E-state index is -3.74. The van der Waals surface area contributed by atoms with Gasteiger partial charge in [0.1, 0.15) is 0 Å². The Morgan fingerprint density at radius 2 is 1.70 bits per heavy atom. The molecule has 0 atom stereocenters. The molecule has 0 aromatic heterocycles. The van der Waals surface area contributed by atoms with Crippen molar-refractivity contribution >= 4 is 27.5 Å². The molecule has 0 radical (unpaired) electrons. The summed E-state index contributed by atoms with van der Waals surface area (Å²) in [7, 11) is -2.23. The van der Waals surface area contributed by atoms with Gasteiger partial charge in [0.25, 0.3) is 11.8 Å². The lowest BCUT2D eigenvalue weighted by atomic mass is 10.1. The second-order valence-corrected chi connectivity index (χ2v) is 8.93. The molecule has 9 heteroatoms. The Bertz CT molecular complexity index is 1080. The third-order valence-electron chi connectivity index (χ3n) is 5.01. The van der Waals surface area contributed by atoms with E-state index in [2.05, 4.69) is 10.6 Å². The lowest BCUT2D eigenvalue weighted by molar-refractivity contribution is 0.0730. The van der Waals surface area contributed by atoms with E-state index in [1.807, 2.05) is 0 Å². The van der Waals surface area contributed by atoms with Gasteiger partial charge in [-0.3, -0.25) is 9.59 Å². The van der Waals surface area contributed by atoms with Crippen LogP contribution in [-0.2, 0) is 14.8 Å². The number of sulfonamides is 1. The average molecular weight is 432 g/mol. The van der Waals surface area contributed by atoms with Gasteiger partial charge in [-0.15, -0.1) is 0 Å². The first-order valence-corrected chi connectivity index (χ1v) is 11.0. The molecule has 0 unspecified atom stereocenters. The molecular weight excluding hydrogens is 406 g/mol. The standard InChI is InChI=1S/C21H25N3O5S/c1-14-7-8-16(13-18(14)30(27,28)24-9-11-29-12-10-24)20(25)23-17-6-4-5-15(2)19(17)21(26)22-3/h4-8,13H,9-12H2,1-3H3,(H,22,26)(H,23,25). The van der Waals surface area contributed by atoms with Crippen molar-refractivity contribution in [3.8, 4) is 0 Å². The number of hydrogen-bond acceptors (Lipinski definition) is 5. The topological polar surface area (TPSA) is 105 Å². The molecule has 0 bridgehead atoms. The molecule has 8 nitrogen and oxygen atoms in total. The number of anilines is 1. The van der Waals surface area contributed by atoms with E-state index in [4.69, 9.17) is 4.74 Å². The van der Waals surface area contributed by atoms with Crippen LogP contribution in [0.5, 0.6) is 0 Å². The number of carbonyl (C=O) groups is 2. The first kappa shape index (κ1) is 21.9. The summed E-state index contributed by atoms with van der Waals surface area (Å²) in [6, 6.07) is 9.70. The number of hydrogen-bond donors (Lipinski definition) is 2. The van der Waals surface area contributed by atoms with Crippen LogP contribution in [0.25, 0.3) is 0 Å². The SMILES string of the molecule is CNC(=O)c1c(C)cccc1NC(=O)c1ccc(C)c(S(=O)(=O)N2CCOCC2)c1. The van der Waals surface area contributed by atoms with E-state index in [-0.39, 0.29) is 29.5 Å². The maximum atomic E-state index is 13.1. The minimum Gasteiger partial charge on any atom is -0.379 e. The van der Waals surface area contributed by atoms with Crippen molar-refractivity contribution < 1.29 is 22.7 Å². The van der Waals surface area contributed by atoms with Gasteiger partial charge in [0.15, 0.2) is 0 Å². The highest BCUT2D eigenvalue weighted by Crippen LogP contribution is 2.24. The van der Waals surface area contributed by atoms with E-state index < -0.39 is 15.9 Å². The smallest absolute Gasteiger partial charge is 0.255 e. The number of morpholine rings is 1. The Hall–Kier alpha value is -2.75. The molecule has 2 aromatic carbocycles. The van der Waals surface area contributed by atoms with Crippen LogP contribution in [0.15, 0.2) is 41.3 Å². The molecule has 2 amide bonds. The largest absolute Gasteiger partial charge is 0.379 e. The Kier molecular flexibility index (Phi) is 6.55. The number of ether oxygens (including phenoxy) is 1. The summed E-state index contributed by atoms with van der Waals surface area (Å²) < 4.78 is 32.7. The quantitative estimate of drug-likeness (QED) is 0.753. The summed E-state index contributed by atoms with van der Waals surface area (Å²) in [4.78, 5) is 25.2. The summed E-state index contributed by atoms with van der Waals surface area (Å²) in [5.74, 6) is -0.813. The predicted octanol–water partition coefficient (Wildman–Crippen LogP) is 1.94. The third-order valence-corrected chi connectivity index (χ3v) is 7.05. The Morgan fingerprint density at radius 1 is 1.00 bits per heavy atom. The van der Waals surface area contributed by atoms with E-state index in [0.29, 0.717) is 35.6 Å². The number of carbonyl (C=O) groups excluding carboxylic acids is 2. The molecule has 3 rings (SSSR count). The lowest BCUT2D eigenvalue weighted by Gasteiger charge is -2.26. The highest BCUT2D eigenvalue weighted by Gasteiger charge is 2.28. The van der Waals surface area contributed by atoms with E-state index in [1.54, 1.807) is 44.2 Å². The molecule has 1 aliphatic rings. The third kappa shape index (κ3) is 4.38. The highest BCUT2D eigenvalue weighted by atomic mass is 32.2. The van der Waals surface area contributed by atoms with Gasteiger partial charge in [-0.25, -0.2) is 8.42 Å². The zero-order chi connectivity index (χ0) is 21.9. The van der Waals surface area contributed by atoms with Crippen LogP contribution < -0.4 is 10.6 Å². The molecule has 1 heterocycles. The Balaban J connectivity index is 1.93. The van der Waals surface area contributed by atoms with E-state index in [0.717, 1.165) is 0 Å². The zero-order valence-corrected chi connectivity index (χ0v) is 18.0. The summed E-state index contributed by atoms with van der Waals surface area (Å²) in [5, 5.41) is 5.30. The Labute approximate surface area is 176 Å². The molecule has 1 aliphatic heterocycles. The second-order valence-electron chi connectivity index (χ2n) is 7.03. The van der Waals surface area contributed by atoms with Crippen molar-refractivity contribution in [2.24, 2.45) is 0 Å². The normalized spacial score (nSPS) is 14.9. The molecule has 2 N–H and O–H groups in total. The maximum Gasteiger partial charge on any atom is 0.255 e. The summed E-state index contributed by atoms with van der Waals surface area (Å²) in [6.07, 6.45) is 0. The summed E-state index contributed by atoms with van der Waals surface area (Å²) in [6.45, 7) is 4.70. The number of aryl methyl sites for hydroxylation is 2. The zero-order valence-electron chi connectivity index (χ0n) is 17.2. The van der Waals surface area contributed by atoms with Gasteiger partial charge in [0, 0.05) is 25.7 Å². The van der Waals surface area contributed by atoms with Crippen molar-refractivity contribution in [3.63, 3.8) is 0 Å². The van der Waals surface area contributed by atoms with E-state index in [9.17, 15) is 18.0 Å². The maximum absolute atomic E-state index is 13.1. The van der Waals surface area contributed by atoms with Crippen molar-refractivity contribution in [1.82, 2.24) is 9.62 Å². The van der Waals surface area contributed by atoms with E-state index in [1.165, 1.54) is 17.4 Å². The van der Waals surface area contributed by atoms with Crippen LogP contribution >= 0.6 is 0 Å². The van der Waals surface area contributed by atoms with Gasteiger partial charge < -0.3 is 15.4 Å². The molecule has 160 valence electrons. The lowest BCUT2D eigenvalue weighted by Crippen LogP contribution is -2.40. The molecular formula is C21H25N3O5S. The Morgan fingerprint density at radius 3 is 2.37 bits per heavy atom. The van der Waals surface area contributed by atoms with Gasteiger partial charge in [0.05, 0.1) is 29.4 Å². The second kappa shape index (κ2) is 8.95.